The third kappa shape index (κ3) is 3.82. The predicted octanol–water partition coefficient (Wildman–Crippen LogP) is 3.04. The van der Waals surface area contributed by atoms with Gasteiger partial charge >= 0.3 is 5.97 Å². The average Bonchev–Trinajstić information content (AvgIpc) is 2.95. The maximum atomic E-state index is 10.6. The Bertz CT molecular complexity index is 396. The van der Waals surface area contributed by atoms with Gasteiger partial charge in [0.25, 0.3) is 0 Å². The molecule has 0 bridgehead atoms. The molecule has 1 aliphatic rings. The van der Waals surface area contributed by atoms with Crippen LogP contribution in [0.25, 0.3) is 0 Å². The number of carbonyl (C=O) groups is 1. The first-order valence-corrected chi connectivity index (χ1v) is 7.49. The highest BCUT2D eigenvalue weighted by atomic mass is 32.1. The summed E-state index contributed by atoms with van der Waals surface area (Å²) in [5, 5.41) is 12.3. The molecule has 100 valence electrons. The first-order valence-electron chi connectivity index (χ1n) is 6.68. The van der Waals surface area contributed by atoms with Gasteiger partial charge in [-0.3, -0.25) is 4.79 Å². The number of carboxylic acid groups (broad SMARTS) is 1. The minimum absolute atomic E-state index is 0.142. The topological polar surface area (TPSA) is 49.3 Å². The molecule has 0 aromatic carbocycles. The number of carboxylic acids is 1. The Balaban J connectivity index is 1.78. The summed E-state index contributed by atoms with van der Waals surface area (Å²) in [5.74, 6) is 0.0686. The van der Waals surface area contributed by atoms with Crippen molar-refractivity contribution >= 4 is 17.3 Å². The van der Waals surface area contributed by atoms with Gasteiger partial charge in [0.1, 0.15) is 0 Å². The van der Waals surface area contributed by atoms with Crippen LogP contribution < -0.4 is 5.32 Å². The number of thiophene rings is 1. The molecule has 4 heteroatoms. The van der Waals surface area contributed by atoms with Crippen LogP contribution in [0, 0.1) is 5.92 Å². The quantitative estimate of drug-likeness (QED) is 0.833. The molecule has 2 N–H and O–H groups in total. The van der Waals surface area contributed by atoms with E-state index >= 15 is 0 Å². The first kappa shape index (κ1) is 13.6. The van der Waals surface area contributed by atoms with Crippen molar-refractivity contribution in [3.05, 3.63) is 21.9 Å². The van der Waals surface area contributed by atoms with Gasteiger partial charge in [-0.05, 0) is 37.8 Å². The van der Waals surface area contributed by atoms with Gasteiger partial charge in [0, 0.05) is 22.3 Å². The maximum Gasteiger partial charge on any atom is 0.308 e. The van der Waals surface area contributed by atoms with E-state index in [2.05, 4.69) is 12.2 Å². The summed E-state index contributed by atoms with van der Waals surface area (Å²) in [6.45, 7) is 3.13. The molecule has 0 amide bonds. The van der Waals surface area contributed by atoms with Crippen molar-refractivity contribution in [1.29, 1.82) is 0 Å². The lowest BCUT2D eigenvalue weighted by Gasteiger charge is -2.19. The molecule has 1 saturated carbocycles. The predicted molar refractivity (Wildman–Crippen MR) is 73.9 cm³/mol. The molecule has 1 fully saturated rings. The van der Waals surface area contributed by atoms with Gasteiger partial charge in [0.2, 0.25) is 0 Å². The first-order chi connectivity index (χ1) is 8.65. The number of aliphatic carboxylic acids is 1. The van der Waals surface area contributed by atoms with Gasteiger partial charge in [-0.2, -0.15) is 0 Å². The summed E-state index contributed by atoms with van der Waals surface area (Å²) < 4.78 is 0. The molecule has 0 aliphatic heterocycles. The van der Waals surface area contributed by atoms with Gasteiger partial charge in [0.15, 0.2) is 0 Å². The lowest BCUT2D eigenvalue weighted by atomic mass is 10.00. The average molecular weight is 267 g/mol. The largest absolute Gasteiger partial charge is 0.481 e. The molecule has 0 unspecified atom stereocenters. The van der Waals surface area contributed by atoms with Crippen LogP contribution in [0.2, 0.25) is 0 Å². The summed E-state index contributed by atoms with van der Waals surface area (Å²) in [6, 6.07) is 4.53. The van der Waals surface area contributed by atoms with Crippen LogP contribution in [0.1, 0.15) is 42.4 Å². The molecule has 1 aliphatic carbocycles. The van der Waals surface area contributed by atoms with Gasteiger partial charge in [-0.15, -0.1) is 11.3 Å². The Morgan fingerprint density at radius 3 is 2.78 bits per heavy atom. The monoisotopic (exact) mass is 267 g/mol. The van der Waals surface area contributed by atoms with Crippen molar-refractivity contribution < 1.29 is 9.90 Å². The van der Waals surface area contributed by atoms with Crippen LogP contribution in [0.5, 0.6) is 0 Å². The normalized spacial score (nSPS) is 18.1. The van der Waals surface area contributed by atoms with Crippen molar-refractivity contribution in [1.82, 2.24) is 5.32 Å². The van der Waals surface area contributed by atoms with Crippen LogP contribution in [0.15, 0.2) is 12.1 Å². The lowest BCUT2D eigenvalue weighted by molar-refractivity contribution is -0.136. The van der Waals surface area contributed by atoms with Crippen molar-refractivity contribution in [2.75, 3.05) is 0 Å². The lowest BCUT2D eigenvalue weighted by Crippen LogP contribution is -2.31. The van der Waals surface area contributed by atoms with E-state index in [1.807, 2.05) is 12.1 Å². The fourth-order valence-electron chi connectivity index (χ4n) is 2.65. The molecule has 0 radical (unpaired) electrons. The zero-order valence-electron chi connectivity index (χ0n) is 10.8. The number of nitrogens with one attached hydrogen (secondary N) is 1. The second-order valence-electron chi connectivity index (χ2n) is 5.15. The van der Waals surface area contributed by atoms with Crippen molar-refractivity contribution in [2.45, 2.75) is 51.6 Å². The Morgan fingerprint density at radius 2 is 2.11 bits per heavy atom. The molecule has 1 atom stereocenters. The van der Waals surface area contributed by atoms with Crippen molar-refractivity contribution in [2.24, 2.45) is 5.92 Å². The fraction of sp³-hybridized carbons (Fsp3) is 0.643. The number of rotatable bonds is 6. The summed E-state index contributed by atoms with van der Waals surface area (Å²) in [7, 11) is 0. The van der Waals surface area contributed by atoms with E-state index in [9.17, 15) is 4.79 Å². The van der Waals surface area contributed by atoms with Crippen LogP contribution in [0.3, 0.4) is 0 Å². The summed E-state index contributed by atoms with van der Waals surface area (Å²) in [6.07, 6.45) is 5.59. The minimum Gasteiger partial charge on any atom is -0.481 e. The molecule has 1 heterocycles. The zero-order valence-corrected chi connectivity index (χ0v) is 11.6. The van der Waals surface area contributed by atoms with Gasteiger partial charge in [0.05, 0.1) is 6.42 Å². The third-order valence-corrected chi connectivity index (χ3v) is 4.83. The van der Waals surface area contributed by atoms with Gasteiger partial charge in [-0.25, -0.2) is 0 Å². The third-order valence-electron chi connectivity index (χ3n) is 3.75. The summed E-state index contributed by atoms with van der Waals surface area (Å²) in [5.41, 5.74) is 0. The van der Waals surface area contributed by atoms with E-state index in [1.165, 1.54) is 30.6 Å². The smallest absolute Gasteiger partial charge is 0.308 e. The maximum absolute atomic E-state index is 10.6. The van der Waals surface area contributed by atoms with Gasteiger partial charge < -0.3 is 10.4 Å². The van der Waals surface area contributed by atoms with Gasteiger partial charge in [-0.1, -0.05) is 12.8 Å². The molecule has 18 heavy (non-hydrogen) atoms. The highest BCUT2D eigenvalue weighted by Crippen LogP contribution is 2.27. The standard InChI is InChI=1S/C14H21NO2S/c1-10(11-4-2-3-5-11)15-9-13-7-6-12(18-13)8-14(16)17/h6-7,10-11,15H,2-5,8-9H2,1H3,(H,16,17)/t10-/m1/s1. The van der Waals surface area contributed by atoms with E-state index in [0.717, 1.165) is 17.3 Å². The number of hydrogen-bond acceptors (Lipinski definition) is 3. The van der Waals surface area contributed by atoms with E-state index < -0.39 is 5.97 Å². The second kappa shape index (κ2) is 6.34. The van der Waals surface area contributed by atoms with E-state index in [0.29, 0.717) is 6.04 Å². The number of hydrogen-bond donors (Lipinski definition) is 2. The molecule has 1 aromatic heterocycles. The summed E-state index contributed by atoms with van der Waals surface area (Å²) >= 11 is 1.60. The minimum atomic E-state index is -0.754. The molecular formula is C14H21NO2S. The van der Waals surface area contributed by atoms with E-state index in [-0.39, 0.29) is 6.42 Å². The van der Waals surface area contributed by atoms with Crippen LogP contribution >= 0.6 is 11.3 Å². The van der Waals surface area contributed by atoms with E-state index in [1.54, 1.807) is 11.3 Å². The molecule has 3 nitrogen and oxygen atoms in total. The molecule has 2 rings (SSSR count). The fourth-order valence-corrected chi connectivity index (χ4v) is 3.61. The molecule has 1 aromatic rings. The Hall–Kier alpha value is -0.870. The molecular weight excluding hydrogens is 246 g/mol. The highest BCUT2D eigenvalue weighted by Gasteiger charge is 2.20. The second-order valence-corrected chi connectivity index (χ2v) is 6.41. The van der Waals surface area contributed by atoms with Crippen LogP contribution in [0.4, 0.5) is 0 Å². The zero-order chi connectivity index (χ0) is 13.0. The summed E-state index contributed by atoms with van der Waals surface area (Å²) in [4.78, 5) is 12.8. The van der Waals surface area contributed by atoms with Crippen LogP contribution in [-0.4, -0.2) is 17.1 Å². The van der Waals surface area contributed by atoms with Crippen molar-refractivity contribution in [3.8, 4) is 0 Å². The highest BCUT2D eigenvalue weighted by molar-refractivity contribution is 7.12. The van der Waals surface area contributed by atoms with Crippen molar-refractivity contribution in [3.63, 3.8) is 0 Å². The van der Waals surface area contributed by atoms with E-state index in [4.69, 9.17) is 5.11 Å². The Morgan fingerprint density at radius 1 is 1.44 bits per heavy atom. The molecule has 0 saturated heterocycles. The van der Waals surface area contributed by atoms with Crippen LogP contribution in [-0.2, 0) is 17.8 Å². The molecule has 0 spiro atoms. The SMILES string of the molecule is C[C@@H](NCc1ccc(CC(=O)O)s1)C1CCCC1. The Labute approximate surface area is 112 Å². The Kier molecular flexibility index (Phi) is 4.78.